The standard InChI is InChI=1S/C22H24BFN2O5/c1-21(2)22(3,4)31-23(30-21)15-10-18(19-17(12-27)20(24)25-26(19)11-15)29-13-14-6-8-16(28-5)9-7-14/h6-12H,13H2,1-5H3. The molecular formula is C22H24BFN2O5. The first-order valence-corrected chi connectivity index (χ1v) is 9.93. The third-order valence-electron chi connectivity index (χ3n) is 5.90. The molecule has 0 saturated carbocycles. The molecule has 3 heterocycles. The number of aldehydes is 1. The van der Waals surface area contributed by atoms with E-state index >= 15 is 0 Å². The minimum absolute atomic E-state index is 0.162. The van der Waals surface area contributed by atoms with E-state index in [0.717, 1.165) is 11.3 Å². The lowest BCUT2D eigenvalue weighted by molar-refractivity contribution is 0.00578. The van der Waals surface area contributed by atoms with E-state index in [1.165, 1.54) is 4.52 Å². The Morgan fingerprint density at radius 1 is 1.16 bits per heavy atom. The predicted octanol–water partition coefficient (Wildman–Crippen LogP) is 3.17. The lowest BCUT2D eigenvalue weighted by Crippen LogP contribution is -2.41. The van der Waals surface area contributed by atoms with Crippen LogP contribution in [0.25, 0.3) is 5.52 Å². The van der Waals surface area contributed by atoms with E-state index in [1.807, 2.05) is 52.0 Å². The maximum Gasteiger partial charge on any atom is 0.496 e. The summed E-state index contributed by atoms with van der Waals surface area (Å²) in [6.07, 6.45) is 2.03. The summed E-state index contributed by atoms with van der Waals surface area (Å²) in [6, 6.07) is 9.08. The van der Waals surface area contributed by atoms with Crippen molar-refractivity contribution in [1.29, 1.82) is 0 Å². The molecule has 0 atom stereocenters. The number of fused-ring (bicyclic) bond motifs is 1. The Balaban J connectivity index is 1.72. The summed E-state index contributed by atoms with van der Waals surface area (Å²) in [4.78, 5) is 11.5. The second kappa shape index (κ2) is 7.65. The highest BCUT2D eigenvalue weighted by Gasteiger charge is 2.52. The lowest BCUT2D eigenvalue weighted by atomic mass is 9.80. The zero-order valence-corrected chi connectivity index (χ0v) is 18.1. The van der Waals surface area contributed by atoms with Crippen LogP contribution in [0.15, 0.2) is 36.5 Å². The minimum atomic E-state index is -0.865. The van der Waals surface area contributed by atoms with Gasteiger partial charge in [-0.3, -0.25) is 4.79 Å². The fourth-order valence-electron chi connectivity index (χ4n) is 3.36. The number of pyridine rings is 1. The Bertz CT molecular complexity index is 1110. The Hall–Kier alpha value is -2.91. The molecule has 31 heavy (non-hydrogen) atoms. The fraction of sp³-hybridized carbons (Fsp3) is 0.364. The van der Waals surface area contributed by atoms with Gasteiger partial charge < -0.3 is 18.8 Å². The Labute approximate surface area is 180 Å². The summed E-state index contributed by atoms with van der Waals surface area (Å²) in [6.45, 7) is 8.00. The van der Waals surface area contributed by atoms with Crippen molar-refractivity contribution in [3.63, 3.8) is 0 Å². The van der Waals surface area contributed by atoms with Crippen molar-refractivity contribution < 1.29 is 28.0 Å². The van der Waals surface area contributed by atoms with Crippen molar-refractivity contribution in [3.05, 3.63) is 53.6 Å². The van der Waals surface area contributed by atoms with Crippen LogP contribution in [0.1, 0.15) is 43.6 Å². The molecule has 0 N–H and O–H groups in total. The summed E-state index contributed by atoms with van der Waals surface area (Å²) in [5, 5.41) is 3.84. The summed E-state index contributed by atoms with van der Waals surface area (Å²) >= 11 is 0. The van der Waals surface area contributed by atoms with Gasteiger partial charge in [0.2, 0.25) is 5.95 Å². The Kier molecular flexibility index (Phi) is 5.27. The molecule has 3 aromatic rings. The zero-order valence-electron chi connectivity index (χ0n) is 18.1. The van der Waals surface area contributed by atoms with Crippen molar-refractivity contribution in [2.45, 2.75) is 45.5 Å². The molecule has 4 rings (SSSR count). The lowest BCUT2D eigenvalue weighted by Gasteiger charge is -2.32. The van der Waals surface area contributed by atoms with Gasteiger partial charge in [0.15, 0.2) is 6.29 Å². The molecule has 2 aromatic heterocycles. The molecule has 0 unspecified atom stereocenters. The highest BCUT2D eigenvalue weighted by molar-refractivity contribution is 6.62. The van der Waals surface area contributed by atoms with Gasteiger partial charge in [0.25, 0.3) is 0 Å². The quantitative estimate of drug-likeness (QED) is 0.446. The van der Waals surface area contributed by atoms with Crippen LogP contribution in [0.4, 0.5) is 4.39 Å². The number of carbonyl (C=O) groups is 1. The number of halogens is 1. The molecule has 7 nitrogen and oxygen atoms in total. The Morgan fingerprint density at radius 3 is 2.39 bits per heavy atom. The maximum atomic E-state index is 14.3. The highest BCUT2D eigenvalue weighted by atomic mass is 19.1. The number of nitrogens with zero attached hydrogens (tertiary/aromatic N) is 2. The van der Waals surface area contributed by atoms with Crippen molar-refractivity contribution in [2.75, 3.05) is 7.11 Å². The SMILES string of the molecule is COc1ccc(COc2cc(B3OC(C)(C)C(C)(C)O3)cn3nc(F)c(C=O)c23)cc1. The number of carbonyl (C=O) groups excluding carboxylic acids is 1. The largest absolute Gasteiger partial charge is 0.497 e. The molecular weight excluding hydrogens is 402 g/mol. The van der Waals surface area contributed by atoms with Gasteiger partial charge in [0.05, 0.1) is 18.3 Å². The van der Waals surface area contributed by atoms with Crippen LogP contribution < -0.4 is 14.9 Å². The van der Waals surface area contributed by atoms with E-state index in [0.29, 0.717) is 17.5 Å². The third kappa shape index (κ3) is 3.79. The van der Waals surface area contributed by atoms with Crippen LogP contribution in [-0.2, 0) is 15.9 Å². The van der Waals surface area contributed by atoms with E-state index in [9.17, 15) is 9.18 Å². The summed E-state index contributed by atoms with van der Waals surface area (Å²) in [5.74, 6) is 0.173. The van der Waals surface area contributed by atoms with E-state index < -0.39 is 24.3 Å². The minimum Gasteiger partial charge on any atom is -0.497 e. The predicted molar refractivity (Wildman–Crippen MR) is 114 cm³/mol. The van der Waals surface area contributed by atoms with Gasteiger partial charge in [-0.25, -0.2) is 4.52 Å². The smallest absolute Gasteiger partial charge is 0.496 e. The first kappa shape index (κ1) is 21.3. The van der Waals surface area contributed by atoms with E-state index in [1.54, 1.807) is 19.4 Å². The monoisotopic (exact) mass is 426 g/mol. The summed E-state index contributed by atoms with van der Waals surface area (Å²) in [5.41, 5.74) is 0.495. The van der Waals surface area contributed by atoms with Crippen LogP contribution >= 0.6 is 0 Å². The first-order chi connectivity index (χ1) is 14.6. The normalized spacial score (nSPS) is 17.2. The number of hydrogen-bond donors (Lipinski definition) is 0. The van der Waals surface area contributed by atoms with Gasteiger partial charge >= 0.3 is 7.12 Å². The summed E-state index contributed by atoms with van der Waals surface area (Å²) < 4.78 is 39.0. The average Bonchev–Trinajstić information content (AvgIpc) is 3.17. The number of methoxy groups -OCH3 is 1. The van der Waals surface area contributed by atoms with Gasteiger partial charge in [-0.1, -0.05) is 12.1 Å². The molecule has 1 aromatic carbocycles. The number of ether oxygens (including phenoxy) is 2. The van der Waals surface area contributed by atoms with E-state index in [4.69, 9.17) is 18.8 Å². The third-order valence-corrected chi connectivity index (χ3v) is 5.90. The molecule has 9 heteroatoms. The second-order valence-electron chi connectivity index (χ2n) is 8.48. The van der Waals surface area contributed by atoms with Crippen molar-refractivity contribution in [2.24, 2.45) is 0 Å². The number of aromatic nitrogens is 2. The summed E-state index contributed by atoms with van der Waals surface area (Å²) in [7, 11) is 0.906. The molecule has 0 amide bonds. The molecule has 1 saturated heterocycles. The molecule has 0 radical (unpaired) electrons. The van der Waals surface area contributed by atoms with Gasteiger partial charge in [0, 0.05) is 11.7 Å². The van der Waals surface area contributed by atoms with Crippen molar-refractivity contribution >= 4 is 24.4 Å². The van der Waals surface area contributed by atoms with Gasteiger partial charge in [-0.2, -0.15) is 4.39 Å². The topological polar surface area (TPSA) is 71.3 Å². The van der Waals surface area contributed by atoms with Gasteiger partial charge in [-0.05, 0) is 51.5 Å². The molecule has 0 aliphatic carbocycles. The second-order valence-corrected chi connectivity index (χ2v) is 8.48. The zero-order chi connectivity index (χ0) is 22.4. The van der Waals surface area contributed by atoms with Gasteiger partial charge in [-0.15, -0.1) is 5.10 Å². The van der Waals surface area contributed by atoms with Crippen LogP contribution in [0.5, 0.6) is 11.5 Å². The average molecular weight is 426 g/mol. The molecule has 0 bridgehead atoms. The first-order valence-electron chi connectivity index (χ1n) is 9.93. The van der Waals surface area contributed by atoms with Gasteiger partial charge in [0.1, 0.15) is 29.2 Å². The molecule has 0 spiro atoms. The number of benzene rings is 1. The van der Waals surface area contributed by atoms with E-state index in [-0.39, 0.29) is 17.7 Å². The van der Waals surface area contributed by atoms with Crippen LogP contribution in [0.2, 0.25) is 0 Å². The highest BCUT2D eigenvalue weighted by Crippen LogP contribution is 2.37. The van der Waals surface area contributed by atoms with E-state index in [2.05, 4.69) is 5.10 Å². The Morgan fingerprint density at radius 2 is 1.81 bits per heavy atom. The molecule has 1 aliphatic heterocycles. The molecule has 1 aliphatic rings. The van der Waals surface area contributed by atoms with Crippen LogP contribution in [0, 0.1) is 5.95 Å². The molecule has 1 fully saturated rings. The molecule has 162 valence electrons. The van der Waals surface area contributed by atoms with Crippen molar-refractivity contribution in [1.82, 2.24) is 9.61 Å². The fourth-order valence-corrected chi connectivity index (χ4v) is 3.36. The van der Waals surface area contributed by atoms with Crippen LogP contribution in [0.3, 0.4) is 0 Å². The number of hydrogen-bond acceptors (Lipinski definition) is 6. The maximum absolute atomic E-state index is 14.3. The number of rotatable bonds is 6. The van der Waals surface area contributed by atoms with Crippen molar-refractivity contribution in [3.8, 4) is 11.5 Å². The van der Waals surface area contributed by atoms with Crippen LogP contribution in [-0.4, -0.2) is 41.3 Å².